The zero-order chi connectivity index (χ0) is 21.5. The first kappa shape index (κ1) is 22.7. The van der Waals surface area contributed by atoms with E-state index in [-0.39, 0.29) is 22.1 Å². The molecule has 154 valence electrons. The highest BCUT2D eigenvalue weighted by atomic mass is 19.1. The van der Waals surface area contributed by atoms with Crippen molar-refractivity contribution < 1.29 is 33.7 Å². The lowest BCUT2D eigenvalue weighted by Gasteiger charge is -2.20. The van der Waals surface area contributed by atoms with Crippen LogP contribution in [0.3, 0.4) is 0 Å². The lowest BCUT2D eigenvalue weighted by atomic mass is 10.1. The number of carbonyl (C=O) groups excluding carboxylic acids is 1. The normalized spacial score (nSPS) is 11.5. The molecule has 0 saturated carbocycles. The molecule has 0 aliphatic rings. The summed E-state index contributed by atoms with van der Waals surface area (Å²) in [6.07, 6.45) is -4.22. The summed E-state index contributed by atoms with van der Waals surface area (Å²) in [5.74, 6) is -0.755. The van der Waals surface area contributed by atoms with Crippen molar-refractivity contribution in [3.8, 4) is 0 Å². The molecule has 0 unspecified atom stereocenters. The predicted molar refractivity (Wildman–Crippen MR) is 99.0 cm³/mol. The monoisotopic (exact) mass is 398 g/mol. The Balaban J connectivity index is 3.00. The number of hydrogen-bond acceptors (Lipinski definition) is 5. The fourth-order valence-electron chi connectivity index (χ4n) is 1.97. The highest BCUT2D eigenvalue weighted by molar-refractivity contribution is 6.02. The van der Waals surface area contributed by atoms with Crippen molar-refractivity contribution in [2.24, 2.45) is 4.99 Å². The summed E-state index contributed by atoms with van der Waals surface area (Å²) < 4.78 is 19.1. The van der Waals surface area contributed by atoms with Crippen LogP contribution in [0.2, 0.25) is 0 Å². The second kappa shape index (κ2) is 9.53. The number of amides is 3. The van der Waals surface area contributed by atoms with E-state index in [2.05, 4.69) is 15.6 Å². The smallest absolute Gasteiger partial charge is 0.417 e. The van der Waals surface area contributed by atoms with Crippen molar-refractivity contribution in [2.45, 2.75) is 39.8 Å². The molecule has 0 fully saturated rings. The molecular weight excluding hydrogens is 375 g/mol. The van der Waals surface area contributed by atoms with Gasteiger partial charge in [0.05, 0.1) is 6.54 Å². The van der Waals surface area contributed by atoms with Gasteiger partial charge in [0.1, 0.15) is 11.4 Å². The van der Waals surface area contributed by atoms with E-state index in [9.17, 15) is 18.8 Å². The molecule has 3 amide bonds. The Morgan fingerprint density at radius 3 is 2.32 bits per heavy atom. The molecule has 1 rings (SSSR count). The molecule has 28 heavy (non-hydrogen) atoms. The molecule has 10 nitrogen and oxygen atoms in total. The van der Waals surface area contributed by atoms with E-state index in [1.54, 1.807) is 27.7 Å². The van der Waals surface area contributed by atoms with E-state index in [4.69, 9.17) is 14.9 Å². The van der Waals surface area contributed by atoms with E-state index < -0.39 is 36.2 Å². The van der Waals surface area contributed by atoms with Gasteiger partial charge in [0.2, 0.25) is 5.96 Å². The first-order chi connectivity index (χ1) is 12.9. The maximum Gasteiger partial charge on any atom is 0.417 e. The Morgan fingerprint density at radius 2 is 1.82 bits per heavy atom. The Morgan fingerprint density at radius 1 is 1.21 bits per heavy atom. The van der Waals surface area contributed by atoms with Gasteiger partial charge in [-0.1, -0.05) is 0 Å². The van der Waals surface area contributed by atoms with Crippen molar-refractivity contribution in [3.63, 3.8) is 0 Å². The molecular formula is C17H23FN4O6. The van der Waals surface area contributed by atoms with Crippen LogP contribution in [0.5, 0.6) is 0 Å². The molecule has 0 aliphatic carbocycles. The third-order valence-electron chi connectivity index (χ3n) is 3.03. The summed E-state index contributed by atoms with van der Waals surface area (Å²) in [4.78, 5) is 37.9. The number of benzene rings is 1. The van der Waals surface area contributed by atoms with E-state index in [0.29, 0.717) is 6.54 Å². The summed E-state index contributed by atoms with van der Waals surface area (Å²) in [5, 5.41) is 23.0. The number of aliphatic imine (C=N–C) groups is 1. The topological polar surface area (TPSA) is 141 Å². The number of guanidine groups is 1. The molecule has 0 heterocycles. The van der Waals surface area contributed by atoms with Crippen LogP contribution in [0.25, 0.3) is 0 Å². The highest BCUT2D eigenvalue weighted by Gasteiger charge is 2.22. The number of carbonyl (C=O) groups is 3. The molecule has 4 N–H and O–H groups in total. The number of nitrogens with zero attached hydrogens (tertiary/aromatic N) is 2. The maximum absolute atomic E-state index is 14.0. The number of rotatable bonds is 4. The van der Waals surface area contributed by atoms with Gasteiger partial charge in [-0.25, -0.2) is 23.7 Å². The van der Waals surface area contributed by atoms with Crippen LogP contribution >= 0.6 is 0 Å². The summed E-state index contributed by atoms with van der Waals surface area (Å²) in [7, 11) is 0. The van der Waals surface area contributed by atoms with Gasteiger partial charge in [0, 0.05) is 17.8 Å². The van der Waals surface area contributed by atoms with Crippen molar-refractivity contribution in [1.82, 2.24) is 10.2 Å². The van der Waals surface area contributed by atoms with Crippen LogP contribution in [-0.2, 0) is 11.3 Å². The standard InChI is InChI=1S/C17H23FN4O6/c1-5-19-13(21-14(23)28-17(2,3)4)20-11-6-7-12(18)10(8-11)9-22(15(24)25)16(26)27/h6-8H,5,9H2,1-4H3,(H,24,25)(H,26,27)(H2,19,20,21,23). The number of anilines is 1. The van der Waals surface area contributed by atoms with E-state index in [1.165, 1.54) is 12.1 Å². The average Bonchev–Trinajstić information content (AvgIpc) is 2.52. The molecule has 1 aromatic rings. The van der Waals surface area contributed by atoms with Gasteiger partial charge < -0.3 is 20.3 Å². The molecule has 0 saturated heterocycles. The van der Waals surface area contributed by atoms with Crippen molar-refractivity contribution in [1.29, 1.82) is 0 Å². The Hall–Kier alpha value is -3.37. The molecule has 0 atom stereocenters. The SMILES string of the molecule is CCN=C(NC(=O)OC(C)(C)C)Nc1ccc(F)c(CN(C(=O)O)C(=O)O)c1. The van der Waals surface area contributed by atoms with E-state index >= 15 is 0 Å². The quantitative estimate of drug-likeness (QED) is 0.450. The Kier molecular flexibility index (Phi) is 7.72. The number of nitrogens with one attached hydrogen (secondary N) is 2. The fraction of sp³-hybridized carbons (Fsp3) is 0.412. The van der Waals surface area contributed by atoms with E-state index in [0.717, 1.165) is 6.07 Å². The zero-order valence-electron chi connectivity index (χ0n) is 15.9. The Labute approximate surface area is 161 Å². The number of carboxylic acid groups (broad SMARTS) is 2. The van der Waals surface area contributed by atoms with Crippen LogP contribution in [0.1, 0.15) is 33.3 Å². The minimum absolute atomic E-state index is 0.0302. The first-order valence-electron chi connectivity index (χ1n) is 8.26. The molecule has 0 bridgehead atoms. The molecule has 0 aliphatic heterocycles. The highest BCUT2D eigenvalue weighted by Crippen LogP contribution is 2.17. The van der Waals surface area contributed by atoms with Gasteiger partial charge in [0.15, 0.2) is 0 Å². The lowest BCUT2D eigenvalue weighted by molar-refractivity contribution is 0.0562. The van der Waals surface area contributed by atoms with Gasteiger partial charge in [0.25, 0.3) is 0 Å². The van der Waals surface area contributed by atoms with Gasteiger partial charge in [-0.2, -0.15) is 0 Å². The second-order valence-electron chi connectivity index (χ2n) is 6.53. The third kappa shape index (κ3) is 7.48. The van der Waals surface area contributed by atoms with Crippen molar-refractivity contribution >= 4 is 29.9 Å². The summed E-state index contributed by atoms with van der Waals surface area (Å²) in [6, 6.07) is 3.58. The van der Waals surface area contributed by atoms with Gasteiger partial charge >= 0.3 is 18.3 Å². The number of hydrogen-bond donors (Lipinski definition) is 4. The molecule has 11 heteroatoms. The number of imide groups is 1. The summed E-state index contributed by atoms with van der Waals surface area (Å²) >= 11 is 0. The summed E-state index contributed by atoms with van der Waals surface area (Å²) in [6.45, 7) is 6.43. The van der Waals surface area contributed by atoms with E-state index in [1.807, 2.05) is 0 Å². The minimum Gasteiger partial charge on any atom is -0.465 e. The number of alkyl carbamates (subject to hydrolysis) is 1. The molecule has 0 radical (unpaired) electrons. The maximum atomic E-state index is 14.0. The number of halogens is 1. The van der Waals surface area contributed by atoms with Gasteiger partial charge in [-0.3, -0.25) is 10.3 Å². The van der Waals surface area contributed by atoms with Crippen LogP contribution in [0.4, 0.5) is 24.5 Å². The van der Waals surface area contributed by atoms with Crippen LogP contribution < -0.4 is 10.6 Å². The van der Waals surface area contributed by atoms with Crippen LogP contribution in [0.15, 0.2) is 23.2 Å². The van der Waals surface area contributed by atoms with Gasteiger partial charge in [-0.05, 0) is 45.9 Å². The zero-order valence-corrected chi connectivity index (χ0v) is 15.9. The largest absolute Gasteiger partial charge is 0.465 e. The fourth-order valence-corrected chi connectivity index (χ4v) is 1.97. The van der Waals surface area contributed by atoms with Crippen LogP contribution in [0, 0.1) is 5.82 Å². The average molecular weight is 398 g/mol. The minimum atomic E-state index is -1.73. The second-order valence-corrected chi connectivity index (χ2v) is 6.53. The van der Waals surface area contributed by atoms with Crippen molar-refractivity contribution in [2.75, 3.05) is 11.9 Å². The molecule has 0 aromatic heterocycles. The molecule has 1 aromatic carbocycles. The lowest BCUT2D eigenvalue weighted by Crippen LogP contribution is -2.40. The first-order valence-corrected chi connectivity index (χ1v) is 8.26. The van der Waals surface area contributed by atoms with Gasteiger partial charge in [-0.15, -0.1) is 0 Å². The summed E-state index contributed by atoms with van der Waals surface area (Å²) in [5.41, 5.74) is -0.639. The Bertz CT molecular complexity index is 761. The van der Waals surface area contributed by atoms with Crippen molar-refractivity contribution in [3.05, 3.63) is 29.6 Å². The number of ether oxygens (including phenoxy) is 1. The molecule has 0 spiro atoms. The predicted octanol–water partition coefficient (Wildman–Crippen LogP) is 3.30. The van der Waals surface area contributed by atoms with Crippen LogP contribution in [-0.4, -0.2) is 51.5 Å². The third-order valence-corrected chi connectivity index (χ3v) is 3.03.